The van der Waals surface area contributed by atoms with Crippen LogP contribution in [0.3, 0.4) is 0 Å². The van der Waals surface area contributed by atoms with E-state index in [4.69, 9.17) is 15.3 Å². The van der Waals surface area contributed by atoms with Crippen molar-refractivity contribution < 1.29 is 19.3 Å². The van der Waals surface area contributed by atoms with E-state index >= 15 is 0 Å². The molecule has 0 aliphatic heterocycles. The quantitative estimate of drug-likeness (QED) is 0.332. The first kappa shape index (κ1) is 18.1. The number of halogens is 1. The molecule has 0 aliphatic carbocycles. The van der Waals surface area contributed by atoms with Gasteiger partial charge in [0.2, 0.25) is 5.75 Å². The fourth-order valence-corrected chi connectivity index (χ4v) is 2.50. The number of hydrogen-bond donors (Lipinski definition) is 1. The van der Waals surface area contributed by atoms with Gasteiger partial charge in [0.05, 0.1) is 33.7 Å². The van der Waals surface area contributed by atoms with Crippen LogP contribution in [0.25, 0.3) is 0 Å². The van der Waals surface area contributed by atoms with Gasteiger partial charge in [0, 0.05) is 6.07 Å². The van der Waals surface area contributed by atoms with Crippen molar-refractivity contribution in [1.82, 2.24) is 0 Å². The van der Waals surface area contributed by atoms with E-state index in [9.17, 15) is 20.2 Å². The number of methoxy groups -OCH3 is 1. The molecule has 0 fully saturated rings. The highest BCUT2D eigenvalue weighted by Gasteiger charge is 2.23. The number of hydrogen-bond acceptors (Lipinski definition) is 8. The van der Waals surface area contributed by atoms with Crippen molar-refractivity contribution >= 4 is 33.5 Å². The van der Waals surface area contributed by atoms with Gasteiger partial charge in [0.1, 0.15) is 0 Å². The third-order valence-electron chi connectivity index (χ3n) is 3.04. The van der Waals surface area contributed by atoms with Crippen LogP contribution in [0.1, 0.15) is 5.56 Å². The van der Waals surface area contributed by atoms with Crippen LogP contribution < -0.4 is 15.3 Å². The third kappa shape index (κ3) is 4.01. The standard InChI is InChI=1S/C14H11BrN4O6/c1-24-13-5-8(7-17-16)4-10(15)14(13)25-12-3-2-9(18(20)21)6-11(12)19(22)23/h2-7H,16H2,1H3. The molecule has 0 saturated carbocycles. The van der Waals surface area contributed by atoms with Crippen molar-refractivity contribution in [2.75, 3.05) is 7.11 Å². The van der Waals surface area contributed by atoms with Crippen LogP contribution in [0.5, 0.6) is 17.2 Å². The van der Waals surface area contributed by atoms with E-state index in [2.05, 4.69) is 21.0 Å². The number of non-ortho nitro benzene ring substituents is 1. The Morgan fingerprint density at radius 2 is 1.88 bits per heavy atom. The molecule has 0 atom stereocenters. The van der Waals surface area contributed by atoms with Crippen LogP contribution in [0, 0.1) is 20.2 Å². The number of nitro benzene ring substituents is 2. The molecule has 0 aliphatic rings. The summed E-state index contributed by atoms with van der Waals surface area (Å²) in [6.07, 6.45) is 1.38. The Balaban J connectivity index is 2.52. The second kappa shape index (κ2) is 7.57. The van der Waals surface area contributed by atoms with Crippen LogP contribution >= 0.6 is 15.9 Å². The Morgan fingerprint density at radius 1 is 1.16 bits per heavy atom. The molecule has 130 valence electrons. The fraction of sp³-hybridized carbons (Fsp3) is 0.0714. The monoisotopic (exact) mass is 410 g/mol. The number of benzene rings is 2. The smallest absolute Gasteiger partial charge is 0.318 e. The van der Waals surface area contributed by atoms with E-state index in [-0.39, 0.29) is 17.2 Å². The molecule has 2 N–H and O–H groups in total. The third-order valence-corrected chi connectivity index (χ3v) is 3.63. The molecule has 0 heterocycles. The zero-order chi connectivity index (χ0) is 18.6. The molecule has 25 heavy (non-hydrogen) atoms. The van der Waals surface area contributed by atoms with Gasteiger partial charge in [-0.15, -0.1) is 0 Å². The Hall–Kier alpha value is -3.21. The minimum atomic E-state index is -0.766. The average molecular weight is 411 g/mol. The zero-order valence-corrected chi connectivity index (χ0v) is 14.3. The molecule has 2 rings (SSSR count). The maximum Gasteiger partial charge on any atom is 0.318 e. The molecule has 0 aromatic heterocycles. The highest BCUT2D eigenvalue weighted by Crippen LogP contribution is 2.42. The molecule has 0 radical (unpaired) electrons. The summed E-state index contributed by atoms with van der Waals surface area (Å²) in [5.74, 6) is 5.36. The molecular weight excluding hydrogens is 400 g/mol. The van der Waals surface area contributed by atoms with Gasteiger partial charge >= 0.3 is 5.69 Å². The number of nitrogens with two attached hydrogens (primary N) is 1. The van der Waals surface area contributed by atoms with Gasteiger partial charge < -0.3 is 15.3 Å². The fourth-order valence-electron chi connectivity index (χ4n) is 1.96. The summed E-state index contributed by atoms with van der Waals surface area (Å²) in [5, 5.41) is 25.4. The topological polar surface area (TPSA) is 143 Å². The Bertz CT molecular complexity index is 871. The molecule has 0 amide bonds. The largest absolute Gasteiger partial charge is 0.493 e. The van der Waals surface area contributed by atoms with Crippen molar-refractivity contribution in [2.24, 2.45) is 10.9 Å². The predicted molar refractivity (Wildman–Crippen MR) is 92.3 cm³/mol. The minimum Gasteiger partial charge on any atom is -0.493 e. The van der Waals surface area contributed by atoms with Crippen molar-refractivity contribution in [3.05, 3.63) is 60.6 Å². The van der Waals surface area contributed by atoms with E-state index in [0.29, 0.717) is 10.0 Å². The second-order valence-corrected chi connectivity index (χ2v) is 5.43. The van der Waals surface area contributed by atoms with Gasteiger partial charge in [0.25, 0.3) is 5.69 Å². The summed E-state index contributed by atoms with van der Waals surface area (Å²) in [4.78, 5) is 20.5. The van der Waals surface area contributed by atoms with Gasteiger partial charge in [-0.3, -0.25) is 20.2 Å². The number of ether oxygens (including phenoxy) is 2. The van der Waals surface area contributed by atoms with Gasteiger partial charge in [-0.25, -0.2) is 0 Å². The first-order valence-corrected chi connectivity index (χ1v) is 7.38. The summed E-state index contributed by atoms with van der Waals surface area (Å²) >= 11 is 3.28. The maximum absolute atomic E-state index is 11.2. The van der Waals surface area contributed by atoms with Crippen LogP contribution in [0.4, 0.5) is 11.4 Å². The maximum atomic E-state index is 11.2. The zero-order valence-electron chi connectivity index (χ0n) is 12.7. The highest BCUT2D eigenvalue weighted by molar-refractivity contribution is 9.10. The summed E-state index contributed by atoms with van der Waals surface area (Å²) in [5.41, 5.74) is -0.355. The minimum absolute atomic E-state index is 0.161. The van der Waals surface area contributed by atoms with Gasteiger partial charge in [-0.2, -0.15) is 5.10 Å². The Labute approximate surface area is 149 Å². The second-order valence-electron chi connectivity index (χ2n) is 4.58. The van der Waals surface area contributed by atoms with E-state index in [1.807, 2.05) is 0 Å². The van der Waals surface area contributed by atoms with E-state index in [0.717, 1.165) is 18.2 Å². The normalized spacial score (nSPS) is 10.6. The molecule has 0 unspecified atom stereocenters. The molecule has 0 bridgehead atoms. The lowest BCUT2D eigenvalue weighted by Gasteiger charge is -2.13. The summed E-state index contributed by atoms with van der Waals surface area (Å²) in [6.45, 7) is 0. The highest BCUT2D eigenvalue weighted by atomic mass is 79.9. The van der Waals surface area contributed by atoms with Crippen LogP contribution in [0.15, 0.2) is 39.9 Å². The number of nitrogens with zero attached hydrogens (tertiary/aromatic N) is 3. The Kier molecular flexibility index (Phi) is 5.49. The number of rotatable bonds is 6. The predicted octanol–water partition coefficient (Wildman–Crippen LogP) is 3.36. The summed E-state index contributed by atoms with van der Waals surface area (Å²) in [7, 11) is 1.39. The van der Waals surface area contributed by atoms with Crippen molar-refractivity contribution in [3.8, 4) is 17.2 Å². The number of hydrazone groups is 1. The number of nitro groups is 2. The van der Waals surface area contributed by atoms with Gasteiger partial charge in [-0.1, -0.05) is 0 Å². The molecule has 11 heteroatoms. The van der Waals surface area contributed by atoms with Crippen LogP contribution in [-0.2, 0) is 0 Å². The molecule has 10 nitrogen and oxygen atoms in total. The SMILES string of the molecule is COc1cc(C=NN)cc(Br)c1Oc1ccc([N+](=O)[O-])cc1[N+](=O)[O-]. The van der Waals surface area contributed by atoms with Gasteiger partial charge in [-0.05, 0) is 39.7 Å². The summed E-state index contributed by atoms with van der Waals surface area (Å²) in [6, 6.07) is 6.26. The molecule has 2 aromatic carbocycles. The van der Waals surface area contributed by atoms with Crippen LogP contribution in [-0.4, -0.2) is 23.2 Å². The van der Waals surface area contributed by atoms with E-state index in [1.54, 1.807) is 12.1 Å². The molecule has 2 aromatic rings. The van der Waals surface area contributed by atoms with Crippen LogP contribution in [0.2, 0.25) is 0 Å². The molecule has 0 saturated heterocycles. The molecular formula is C14H11BrN4O6. The lowest BCUT2D eigenvalue weighted by Crippen LogP contribution is -1.98. The summed E-state index contributed by atoms with van der Waals surface area (Å²) < 4.78 is 11.2. The van der Waals surface area contributed by atoms with Crippen molar-refractivity contribution in [2.45, 2.75) is 0 Å². The lowest BCUT2D eigenvalue weighted by molar-refractivity contribution is -0.394. The molecule has 0 spiro atoms. The average Bonchev–Trinajstić information content (AvgIpc) is 2.57. The lowest BCUT2D eigenvalue weighted by atomic mass is 10.2. The van der Waals surface area contributed by atoms with Crippen molar-refractivity contribution in [3.63, 3.8) is 0 Å². The Morgan fingerprint density at radius 3 is 2.44 bits per heavy atom. The van der Waals surface area contributed by atoms with Crippen molar-refractivity contribution in [1.29, 1.82) is 0 Å². The first-order chi connectivity index (χ1) is 11.9. The first-order valence-electron chi connectivity index (χ1n) is 6.58. The van der Waals surface area contributed by atoms with Gasteiger partial charge in [0.15, 0.2) is 11.5 Å². The van der Waals surface area contributed by atoms with E-state index < -0.39 is 21.2 Å². The van der Waals surface area contributed by atoms with E-state index in [1.165, 1.54) is 13.3 Å².